The maximum atomic E-state index is 12.6. The Labute approximate surface area is 166 Å². The summed E-state index contributed by atoms with van der Waals surface area (Å²) in [7, 11) is 0. The summed E-state index contributed by atoms with van der Waals surface area (Å²) in [6.45, 7) is 4.45. The van der Waals surface area contributed by atoms with Crippen LogP contribution in [0.15, 0.2) is 54.6 Å². The van der Waals surface area contributed by atoms with E-state index in [-0.39, 0.29) is 18.1 Å². The Balaban J connectivity index is 1.30. The quantitative estimate of drug-likeness (QED) is 0.762. The largest absolute Gasteiger partial charge is 0.486 e. The third-order valence-corrected chi connectivity index (χ3v) is 5.46. The van der Waals surface area contributed by atoms with Gasteiger partial charge < -0.3 is 14.8 Å². The fourth-order valence-corrected chi connectivity index (χ4v) is 3.57. The van der Waals surface area contributed by atoms with Gasteiger partial charge in [0, 0.05) is 12.6 Å². The molecule has 4 rings (SSSR count). The molecule has 1 amide bonds. The summed E-state index contributed by atoms with van der Waals surface area (Å²) in [5.74, 6) is 2.26. The first-order valence-electron chi connectivity index (χ1n) is 10.1. The normalized spacial score (nSPS) is 19.3. The highest BCUT2D eigenvalue weighted by Gasteiger charge is 2.29. The van der Waals surface area contributed by atoms with Gasteiger partial charge in [-0.25, -0.2) is 0 Å². The molecule has 2 atom stereocenters. The molecule has 1 N–H and O–H groups in total. The van der Waals surface area contributed by atoms with Crippen LogP contribution < -0.4 is 14.8 Å². The molecule has 1 saturated carbocycles. The van der Waals surface area contributed by atoms with E-state index in [2.05, 4.69) is 41.4 Å². The summed E-state index contributed by atoms with van der Waals surface area (Å²) in [6, 6.07) is 18.2. The molecule has 2 aliphatic rings. The first kappa shape index (κ1) is 18.8. The Bertz CT molecular complexity index is 791. The number of amides is 1. The smallest absolute Gasteiger partial charge is 0.234 e. The maximum Gasteiger partial charge on any atom is 0.234 e. The Morgan fingerprint density at radius 2 is 1.82 bits per heavy atom. The molecule has 0 spiro atoms. The highest BCUT2D eigenvalue weighted by Crippen LogP contribution is 2.33. The second kappa shape index (κ2) is 8.65. The molecule has 1 fully saturated rings. The van der Waals surface area contributed by atoms with Gasteiger partial charge in [0.05, 0.1) is 13.1 Å². The highest BCUT2D eigenvalue weighted by molar-refractivity contribution is 5.78. The molecule has 2 unspecified atom stereocenters. The average Bonchev–Trinajstić information content (AvgIpc) is 3.56. The predicted molar refractivity (Wildman–Crippen MR) is 109 cm³/mol. The zero-order valence-corrected chi connectivity index (χ0v) is 16.3. The summed E-state index contributed by atoms with van der Waals surface area (Å²) in [5, 5.41) is 3.03. The minimum Gasteiger partial charge on any atom is -0.486 e. The number of fused-ring (bicyclic) bond motifs is 1. The van der Waals surface area contributed by atoms with Gasteiger partial charge in [0.25, 0.3) is 0 Å². The zero-order chi connectivity index (χ0) is 19.3. The second-order valence-corrected chi connectivity index (χ2v) is 7.76. The minimum absolute atomic E-state index is 0.0332. The lowest BCUT2D eigenvalue weighted by Crippen LogP contribution is -2.45. The van der Waals surface area contributed by atoms with Gasteiger partial charge in [-0.3, -0.25) is 9.69 Å². The highest BCUT2D eigenvalue weighted by atomic mass is 16.6. The van der Waals surface area contributed by atoms with Gasteiger partial charge >= 0.3 is 0 Å². The van der Waals surface area contributed by atoms with Crippen LogP contribution in [0.1, 0.15) is 31.4 Å². The van der Waals surface area contributed by atoms with Crippen molar-refractivity contribution in [1.82, 2.24) is 10.2 Å². The van der Waals surface area contributed by atoms with Crippen molar-refractivity contribution in [2.75, 3.05) is 26.2 Å². The van der Waals surface area contributed by atoms with Crippen LogP contribution in [-0.4, -0.2) is 43.2 Å². The number of para-hydroxylation sites is 2. The van der Waals surface area contributed by atoms with E-state index >= 15 is 0 Å². The first-order valence-corrected chi connectivity index (χ1v) is 10.1. The molecule has 5 nitrogen and oxygen atoms in total. The number of ether oxygens (including phenoxy) is 2. The van der Waals surface area contributed by atoms with E-state index in [1.165, 1.54) is 18.4 Å². The van der Waals surface area contributed by atoms with Crippen molar-refractivity contribution in [2.24, 2.45) is 5.92 Å². The van der Waals surface area contributed by atoms with Crippen molar-refractivity contribution >= 4 is 5.91 Å². The van der Waals surface area contributed by atoms with Crippen molar-refractivity contribution in [3.05, 3.63) is 60.2 Å². The van der Waals surface area contributed by atoms with E-state index < -0.39 is 0 Å². The molecule has 148 valence electrons. The number of carbonyl (C=O) groups is 1. The van der Waals surface area contributed by atoms with Crippen LogP contribution in [0.25, 0.3) is 0 Å². The van der Waals surface area contributed by atoms with Crippen molar-refractivity contribution in [1.29, 1.82) is 0 Å². The summed E-state index contributed by atoms with van der Waals surface area (Å²) < 4.78 is 11.6. The molecule has 2 aromatic rings. The van der Waals surface area contributed by atoms with Crippen LogP contribution in [0.2, 0.25) is 0 Å². The van der Waals surface area contributed by atoms with Crippen molar-refractivity contribution < 1.29 is 14.3 Å². The van der Waals surface area contributed by atoms with Crippen LogP contribution in [0.3, 0.4) is 0 Å². The first-order chi connectivity index (χ1) is 13.7. The lowest BCUT2D eigenvalue weighted by molar-refractivity contribution is -0.123. The summed E-state index contributed by atoms with van der Waals surface area (Å²) in [5.41, 5.74) is 1.25. The maximum absolute atomic E-state index is 12.6. The van der Waals surface area contributed by atoms with Gasteiger partial charge in [-0.05, 0) is 43.4 Å². The number of rotatable bonds is 8. The number of hydrogen-bond donors (Lipinski definition) is 1. The summed E-state index contributed by atoms with van der Waals surface area (Å²) in [6.07, 6.45) is 2.38. The lowest BCUT2D eigenvalue weighted by Gasteiger charge is -2.30. The molecule has 0 bridgehead atoms. The van der Waals surface area contributed by atoms with Crippen molar-refractivity contribution in [3.63, 3.8) is 0 Å². The topological polar surface area (TPSA) is 50.8 Å². The van der Waals surface area contributed by atoms with Crippen LogP contribution in [-0.2, 0) is 4.79 Å². The predicted octanol–water partition coefficient (Wildman–Crippen LogP) is 3.42. The third-order valence-electron chi connectivity index (χ3n) is 5.46. The van der Waals surface area contributed by atoms with E-state index in [0.717, 1.165) is 24.0 Å². The van der Waals surface area contributed by atoms with Gasteiger partial charge in [0.1, 0.15) is 12.7 Å². The molecule has 0 aromatic heterocycles. The number of hydrogen-bond acceptors (Lipinski definition) is 4. The van der Waals surface area contributed by atoms with Gasteiger partial charge in [-0.1, -0.05) is 42.5 Å². The van der Waals surface area contributed by atoms with Gasteiger partial charge in [0.15, 0.2) is 11.5 Å². The lowest BCUT2D eigenvalue weighted by atomic mass is 10.1. The molecule has 28 heavy (non-hydrogen) atoms. The van der Waals surface area contributed by atoms with Crippen LogP contribution in [0.5, 0.6) is 11.5 Å². The van der Waals surface area contributed by atoms with E-state index in [1.54, 1.807) is 0 Å². The number of nitrogens with one attached hydrogen (secondary N) is 1. The molecule has 5 heteroatoms. The van der Waals surface area contributed by atoms with E-state index in [9.17, 15) is 4.79 Å². The fourth-order valence-electron chi connectivity index (χ4n) is 3.57. The number of nitrogens with zero attached hydrogens (tertiary/aromatic N) is 1. The molecular formula is C23H28N2O3. The molecule has 0 radical (unpaired) electrons. The summed E-state index contributed by atoms with van der Waals surface area (Å²) in [4.78, 5) is 14.9. The van der Waals surface area contributed by atoms with E-state index in [4.69, 9.17) is 9.47 Å². The molecule has 1 aliphatic heterocycles. The standard InChI is InChI=1S/C23H28N2O3/c1-17(19-7-3-2-4-8-19)25(14-18-11-12-18)15-23(26)24-13-20-16-27-21-9-5-6-10-22(21)28-20/h2-10,17-18,20H,11-16H2,1H3,(H,24,26). The Kier molecular flexibility index (Phi) is 5.81. The third kappa shape index (κ3) is 4.84. The second-order valence-electron chi connectivity index (χ2n) is 7.76. The Morgan fingerprint density at radius 3 is 2.57 bits per heavy atom. The minimum atomic E-state index is -0.165. The van der Waals surface area contributed by atoms with E-state index in [0.29, 0.717) is 19.7 Å². The average molecular weight is 380 g/mol. The van der Waals surface area contributed by atoms with Gasteiger partial charge in [0.2, 0.25) is 5.91 Å². The molecule has 1 aliphatic carbocycles. The zero-order valence-electron chi connectivity index (χ0n) is 16.3. The van der Waals surface area contributed by atoms with Crippen LogP contribution >= 0.6 is 0 Å². The molecule has 1 heterocycles. The molecule has 2 aromatic carbocycles. The van der Waals surface area contributed by atoms with Gasteiger partial charge in [-0.2, -0.15) is 0 Å². The number of benzene rings is 2. The summed E-state index contributed by atoms with van der Waals surface area (Å²) >= 11 is 0. The molecule has 0 saturated heterocycles. The van der Waals surface area contributed by atoms with Crippen LogP contribution in [0, 0.1) is 5.92 Å². The van der Waals surface area contributed by atoms with Crippen molar-refractivity contribution in [3.8, 4) is 11.5 Å². The monoisotopic (exact) mass is 380 g/mol. The number of carbonyl (C=O) groups excluding carboxylic acids is 1. The van der Waals surface area contributed by atoms with Crippen molar-refractivity contribution in [2.45, 2.75) is 31.9 Å². The van der Waals surface area contributed by atoms with Gasteiger partial charge in [-0.15, -0.1) is 0 Å². The Morgan fingerprint density at radius 1 is 1.11 bits per heavy atom. The van der Waals surface area contributed by atoms with E-state index in [1.807, 2.05) is 30.3 Å². The SMILES string of the molecule is CC(c1ccccc1)N(CC(=O)NCC1COc2ccccc2O1)CC1CC1. The molecular weight excluding hydrogens is 352 g/mol. The fraction of sp³-hybridized carbons (Fsp3) is 0.435. The van der Waals surface area contributed by atoms with Crippen LogP contribution in [0.4, 0.5) is 0 Å². The Hall–Kier alpha value is -2.53.